The molecule has 0 heterocycles. The standard InChI is InChI=1S/3C7H17O3P.2Fe/c3*1-2-3-4-5-6-7-11(8,9)10;;/h3*2-7H2,1H3,(H2,8,9,10);;/q;;;2*+3/p-6. The second kappa shape index (κ2) is 30.0. The summed E-state index contributed by atoms with van der Waals surface area (Å²) >= 11 is 0. The molecule has 0 saturated heterocycles. The third-order valence-corrected chi connectivity index (χ3v) is 7.20. The molecule has 0 atom stereocenters. The average molecular weight is 646 g/mol. The second-order valence-corrected chi connectivity index (χ2v) is 13.3. The summed E-state index contributed by atoms with van der Waals surface area (Å²) in [7, 11) is -12.6. The van der Waals surface area contributed by atoms with E-state index < -0.39 is 22.8 Å². The van der Waals surface area contributed by atoms with Crippen molar-refractivity contribution < 1.29 is 77.2 Å². The van der Waals surface area contributed by atoms with Crippen molar-refractivity contribution in [1.29, 1.82) is 0 Å². The predicted octanol–water partition coefficient (Wildman–Crippen LogP) is 2.61. The summed E-state index contributed by atoms with van der Waals surface area (Å²) in [5, 5.41) is 0. The maximum absolute atomic E-state index is 10.1. The fourth-order valence-electron chi connectivity index (χ4n) is 2.73. The van der Waals surface area contributed by atoms with E-state index in [0.29, 0.717) is 19.3 Å². The van der Waals surface area contributed by atoms with E-state index in [4.69, 9.17) is 0 Å². The molecule has 0 aromatic carbocycles. The van der Waals surface area contributed by atoms with Gasteiger partial charge in [-0.1, -0.05) is 121 Å². The van der Waals surface area contributed by atoms with Crippen molar-refractivity contribution >= 4 is 22.8 Å². The largest absolute Gasteiger partial charge is 3.00 e. The summed E-state index contributed by atoms with van der Waals surface area (Å²) in [6.45, 7) is 6.27. The number of rotatable bonds is 18. The van der Waals surface area contributed by atoms with E-state index in [9.17, 15) is 43.1 Å². The van der Waals surface area contributed by atoms with Gasteiger partial charge in [0.2, 0.25) is 0 Å². The summed E-state index contributed by atoms with van der Waals surface area (Å²) in [5.74, 6) is 0. The van der Waals surface area contributed by atoms with Crippen LogP contribution in [-0.4, -0.2) is 18.5 Å². The quantitative estimate of drug-likeness (QED) is 0.122. The molecule has 35 heavy (non-hydrogen) atoms. The Morgan fingerprint density at radius 2 is 0.543 bits per heavy atom. The van der Waals surface area contributed by atoms with E-state index in [1.54, 1.807) is 0 Å². The SMILES string of the molecule is CCCCCCCP(=O)([O-])[O-].CCCCCCCP(=O)([O-])[O-].CCCCCCCP(=O)([O-])[O-].[Fe+3].[Fe+3]. The first-order valence-corrected chi connectivity index (χ1v) is 17.4. The van der Waals surface area contributed by atoms with E-state index in [0.717, 1.165) is 77.0 Å². The van der Waals surface area contributed by atoms with E-state index in [1.165, 1.54) is 0 Å². The molecule has 0 aliphatic carbocycles. The molecule has 2 radical (unpaired) electrons. The second-order valence-electron chi connectivity index (χ2n) is 8.25. The number of hydrogen-bond donors (Lipinski definition) is 0. The van der Waals surface area contributed by atoms with E-state index in [2.05, 4.69) is 20.8 Å². The first kappa shape index (κ1) is 46.3. The van der Waals surface area contributed by atoms with Gasteiger partial charge >= 0.3 is 34.1 Å². The van der Waals surface area contributed by atoms with Gasteiger partial charge < -0.3 is 43.1 Å². The van der Waals surface area contributed by atoms with Gasteiger partial charge in [-0.15, -0.1) is 0 Å². The summed E-state index contributed by atoms with van der Waals surface area (Å²) in [6, 6.07) is 0. The average Bonchev–Trinajstić information content (AvgIpc) is 2.66. The van der Waals surface area contributed by atoms with Crippen molar-refractivity contribution in [2.75, 3.05) is 18.5 Å². The molecule has 0 spiro atoms. The van der Waals surface area contributed by atoms with Gasteiger partial charge in [0.15, 0.2) is 0 Å². The van der Waals surface area contributed by atoms with Gasteiger partial charge in [0.25, 0.3) is 0 Å². The van der Waals surface area contributed by atoms with E-state index in [1.807, 2.05) is 0 Å². The Balaban J connectivity index is -0.000000125. The Morgan fingerprint density at radius 3 is 0.686 bits per heavy atom. The minimum absolute atomic E-state index is 0. The monoisotopic (exact) mass is 646 g/mol. The summed E-state index contributed by atoms with van der Waals surface area (Å²) < 4.78 is 30.4. The van der Waals surface area contributed by atoms with Crippen molar-refractivity contribution in [3.05, 3.63) is 0 Å². The molecule has 0 saturated carbocycles. The first-order chi connectivity index (χ1) is 15.2. The third-order valence-electron chi connectivity index (χ3n) is 4.61. The van der Waals surface area contributed by atoms with Crippen molar-refractivity contribution in [1.82, 2.24) is 0 Å². The molecule has 9 nitrogen and oxygen atoms in total. The van der Waals surface area contributed by atoms with Gasteiger partial charge in [-0.25, -0.2) is 0 Å². The smallest absolute Gasteiger partial charge is 0.811 e. The molecular formula is C21H45Fe2O9P3. The van der Waals surface area contributed by atoms with Crippen LogP contribution in [0.2, 0.25) is 0 Å². The van der Waals surface area contributed by atoms with Gasteiger partial charge in [0.1, 0.15) is 0 Å². The maximum Gasteiger partial charge on any atom is 3.00 e. The molecule has 0 rings (SSSR count). The molecule has 0 aromatic heterocycles. The molecule has 0 amide bonds. The van der Waals surface area contributed by atoms with Gasteiger partial charge in [0, 0.05) is 0 Å². The van der Waals surface area contributed by atoms with Crippen LogP contribution < -0.4 is 29.4 Å². The van der Waals surface area contributed by atoms with Gasteiger partial charge in [0.05, 0.1) is 0 Å². The fourth-order valence-corrected chi connectivity index (χ4v) is 4.56. The molecule has 0 unspecified atom stereocenters. The van der Waals surface area contributed by atoms with E-state index in [-0.39, 0.29) is 52.6 Å². The van der Waals surface area contributed by atoms with Crippen LogP contribution in [-0.2, 0) is 47.8 Å². The normalized spacial score (nSPS) is 11.2. The van der Waals surface area contributed by atoms with Crippen LogP contribution in [0.15, 0.2) is 0 Å². The predicted molar refractivity (Wildman–Crippen MR) is 124 cm³/mol. The van der Waals surface area contributed by atoms with Crippen LogP contribution in [0, 0.1) is 0 Å². The minimum atomic E-state index is -4.21. The molecule has 0 aliphatic rings. The fraction of sp³-hybridized carbons (Fsp3) is 1.00. The zero-order valence-corrected chi connectivity index (χ0v) is 26.3. The zero-order chi connectivity index (χ0) is 26.2. The Bertz CT molecular complexity index is 476. The summed E-state index contributed by atoms with van der Waals surface area (Å²) in [5.41, 5.74) is 0. The molecule has 0 bridgehead atoms. The van der Waals surface area contributed by atoms with E-state index >= 15 is 0 Å². The molecule has 14 heteroatoms. The van der Waals surface area contributed by atoms with Gasteiger partial charge in [-0.3, -0.25) is 0 Å². The Hall–Kier alpha value is 1.49. The molecular weight excluding hydrogens is 601 g/mol. The van der Waals surface area contributed by atoms with Crippen LogP contribution in [0.3, 0.4) is 0 Å². The molecule has 0 fully saturated rings. The molecule has 0 aliphatic heterocycles. The Morgan fingerprint density at radius 1 is 0.371 bits per heavy atom. The molecule has 0 N–H and O–H groups in total. The topological polar surface area (TPSA) is 190 Å². The van der Waals surface area contributed by atoms with Crippen LogP contribution in [0.25, 0.3) is 0 Å². The van der Waals surface area contributed by atoms with Gasteiger partial charge in [-0.2, -0.15) is 0 Å². The minimum Gasteiger partial charge on any atom is -0.811 e. The zero-order valence-electron chi connectivity index (χ0n) is 21.5. The van der Waals surface area contributed by atoms with Crippen molar-refractivity contribution in [2.24, 2.45) is 0 Å². The number of hydrogen-bond acceptors (Lipinski definition) is 9. The van der Waals surface area contributed by atoms with Crippen molar-refractivity contribution in [2.45, 2.75) is 117 Å². The number of unbranched alkanes of at least 4 members (excludes halogenated alkanes) is 12. The Labute approximate surface area is 234 Å². The summed E-state index contributed by atoms with van der Waals surface area (Å²) in [6.07, 6.45) is 13.6. The Kier molecular flexibility index (Phi) is 39.8. The van der Waals surface area contributed by atoms with Crippen LogP contribution >= 0.6 is 22.8 Å². The molecule has 0 aromatic rings. The third kappa shape index (κ3) is 61.3. The molecule has 214 valence electrons. The van der Waals surface area contributed by atoms with Crippen LogP contribution in [0.4, 0.5) is 0 Å². The first-order valence-electron chi connectivity index (χ1n) is 12.2. The van der Waals surface area contributed by atoms with Crippen molar-refractivity contribution in [3.8, 4) is 0 Å². The van der Waals surface area contributed by atoms with Gasteiger partial charge in [-0.05, 0) is 37.7 Å². The van der Waals surface area contributed by atoms with Crippen LogP contribution in [0.5, 0.6) is 0 Å². The maximum atomic E-state index is 10.1. The summed E-state index contributed by atoms with van der Waals surface area (Å²) in [4.78, 5) is 60.8. The van der Waals surface area contributed by atoms with Crippen LogP contribution in [0.1, 0.15) is 117 Å². The van der Waals surface area contributed by atoms with Crippen molar-refractivity contribution in [3.63, 3.8) is 0 Å².